The fraction of sp³-hybridized carbons (Fsp3) is 0.333. The predicted molar refractivity (Wildman–Crippen MR) is 61.5 cm³/mol. The number of hydrogen-bond acceptors (Lipinski definition) is 4. The summed E-state index contributed by atoms with van der Waals surface area (Å²) >= 11 is 0. The van der Waals surface area contributed by atoms with Crippen LogP contribution in [0.3, 0.4) is 0 Å². The third kappa shape index (κ3) is 3.46. The maximum absolute atomic E-state index is 10.7. The molecule has 0 aromatic heterocycles. The van der Waals surface area contributed by atoms with Crippen LogP contribution in [-0.4, -0.2) is 34.4 Å². The van der Waals surface area contributed by atoms with Gasteiger partial charge in [-0.2, -0.15) is 0 Å². The zero-order valence-corrected chi connectivity index (χ0v) is 9.79. The van der Waals surface area contributed by atoms with Crippen LogP contribution in [0.2, 0.25) is 0 Å². The fourth-order valence-corrected chi connectivity index (χ4v) is 1.55. The standard InChI is InChI=1S/C12H14O6/c1-18-9-4-2-8(11(15)12(16)17)6-7(9)3-5-10(13)14/h2,4,6,11,15H,3,5H2,1H3,(H,13,14)(H,16,17). The van der Waals surface area contributed by atoms with E-state index in [0.29, 0.717) is 11.3 Å². The number of aliphatic hydroxyl groups excluding tert-OH is 1. The Balaban J connectivity index is 3.01. The highest BCUT2D eigenvalue weighted by Crippen LogP contribution is 2.24. The Kier molecular flexibility index (Phi) is 4.67. The van der Waals surface area contributed by atoms with Crippen molar-refractivity contribution < 1.29 is 29.6 Å². The van der Waals surface area contributed by atoms with E-state index in [-0.39, 0.29) is 18.4 Å². The van der Waals surface area contributed by atoms with E-state index in [1.165, 1.54) is 25.3 Å². The van der Waals surface area contributed by atoms with Gasteiger partial charge in [0.05, 0.1) is 7.11 Å². The molecule has 1 aromatic rings. The van der Waals surface area contributed by atoms with E-state index >= 15 is 0 Å². The van der Waals surface area contributed by atoms with E-state index in [4.69, 9.17) is 14.9 Å². The number of aryl methyl sites for hydroxylation is 1. The Hall–Kier alpha value is -2.08. The molecule has 6 heteroatoms. The average Bonchev–Trinajstić information content (AvgIpc) is 2.34. The van der Waals surface area contributed by atoms with E-state index in [1.54, 1.807) is 0 Å². The molecule has 0 aliphatic carbocycles. The molecule has 0 saturated heterocycles. The third-order valence-corrected chi connectivity index (χ3v) is 2.46. The second kappa shape index (κ2) is 6.02. The Labute approximate surface area is 103 Å². The largest absolute Gasteiger partial charge is 0.496 e. The van der Waals surface area contributed by atoms with Gasteiger partial charge in [0.15, 0.2) is 6.10 Å². The number of methoxy groups -OCH3 is 1. The number of aliphatic carboxylic acids is 2. The quantitative estimate of drug-likeness (QED) is 0.694. The van der Waals surface area contributed by atoms with Crippen molar-refractivity contribution in [1.29, 1.82) is 0 Å². The SMILES string of the molecule is COc1ccc(C(O)C(=O)O)cc1CCC(=O)O. The number of benzene rings is 1. The van der Waals surface area contributed by atoms with Crippen LogP contribution in [0.1, 0.15) is 23.7 Å². The number of ether oxygens (including phenoxy) is 1. The summed E-state index contributed by atoms with van der Waals surface area (Å²) in [5.74, 6) is -1.84. The van der Waals surface area contributed by atoms with Gasteiger partial charge >= 0.3 is 11.9 Å². The minimum atomic E-state index is -1.63. The van der Waals surface area contributed by atoms with Crippen molar-refractivity contribution in [1.82, 2.24) is 0 Å². The number of hydrogen-bond donors (Lipinski definition) is 3. The smallest absolute Gasteiger partial charge is 0.337 e. The minimum absolute atomic E-state index is 0.0943. The van der Waals surface area contributed by atoms with E-state index in [9.17, 15) is 14.7 Å². The van der Waals surface area contributed by atoms with Gasteiger partial charge in [0, 0.05) is 6.42 Å². The summed E-state index contributed by atoms with van der Waals surface area (Å²) in [6.45, 7) is 0. The molecule has 3 N–H and O–H groups in total. The van der Waals surface area contributed by atoms with Crippen molar-refractivity contribution in [2.75, 3.05) is 7.11 Å². The topological polar surface area (TPSA) is 104 Å². The molecule has 0 bridgehead atoms. The number of rotatable bonds is 6. The lowest BCUT2D eigenvalue weighted by molar-refractivity contribution is -0.147. The molecule has 98 valence electrons. The zero-order valence-electron chi connectivity index (χ0n) is 9.79. The molecule has 0 fully saturated rings. The minimum Gasteiger partial charge on any atom is -0.496 e. The van der Waals surface area contributed by atoms with Gasteiger partial charge in [0.25, 0.3) is 0 Å². The predicted octanol–water partition coefficient (Wildman–Crippen LogP) is 0.830. The maximum Gasteiger partial charge on any atom is 0.337 e. The number of carboxylic acids is 2. The Morgan fingerprint density at radius 1 is 1.33 bits per heavy atom. The number of carbonyl (C=O) groups is 2. The Bertz CT molecular complexity index is 454. The summed E-state index contributed by atoms with van der Waals surface area (Å²) in [7, 11) is 1.44. The van der Waals surface area contributed by atoms with Crippen molar-refractivity contribution in [2.45, 2.75) is 18.9 Å². The van der Waals surface area contributed by atoms with E-state index in [2.05, 4.69) is 0 Å². The molecule has 0 spiro atoms. The average molecular weight is 254 g/mol. The summed E-state index contributed by atoms with van der Waals surface area (Å²) in [6, 6.07) is 4.39. The lowest BCUT2D eigenvalue weighted by Gasteiger charge is -2.11. The van der Waals surface area contributed by atoms with Gasteiger partial charge in [-0.05, 0) is 29.7 Å². The van der Waals surface area contributed by atoms with Crippen LogP contribution >= 0.6 is 0 Å². The third-order valence-electron chi connectivity index (χ3n) is 2.46. The fourth-order valence-electron chi connectivity index (χ4n) is 1.55. The van der Waals surface area contributed by atoms with Gasteiger partial charge in [-0.25, -0.2) is 4.79 Å². The number of carboxylic acid groups (broad SMARTS) is 2. The summed E-state index contributed by atoms with van der Waals surface area (Å²) in [5.41, 5.74) is 0.751. The van der Waals surface area contributed by atoms with Crippen molar-refractivity contribution in [3.05, 3.63) is 29.3 Å². The summed E-state index contributed by atoms with van der Waals surface area (Å²) < 4.78 is 5.05. The zero-order chi connectivity index (χ0) is 13.7. The van der Waals surface area contributed by atoms with Gasteiger partial charge in [-0.1, -0.05) is 6.07 Å². The highest BCUT2D eigenvalue weighted by Gasteiger charge is 2.17. The molecule has 0 aliphatic rings. The first-order chi connectivity index (χ1) is 8.45. The van der Waals surface area contributed by atoms with Gasteiger partial charge in [0.1, 0.15) is 5.75 Å². The van der Waals surface area contributed by atoms with E-state index in [1.807, 2.05) is 0 Å². The second-order valence-electron chi connectivity index (χ2n) is 3.71. The molecule has 0 radical (unpaired) electrons. The van der Waals surface area contributed by atoms with E-state index in [0.717, 1.165) is 0 Å². The normalized spacial score (nSPS) is 11.9. The van der Waals surface area contributed by atoms with Crippen LogP contribution < -0.4 is 4.74 Å². The molecule has 1 atom stereocenters. The lowest BCUT2D eigenvalue weighted by atomic mass is 10.0. The molecule has 0 amide bonds. The molecule has 1 aromatic carbocycles. The summed E-state index contributed by atoms with van der Waals surface area (Å²) in [5, 5.41) is 26.7. The molecular weight excluding hydrogens is 240 g/mol. The first-order valence-corrected chi connectivity index (χ1v) is 5.25. The molecule has 6 nitrogen and oxygen atoms in total. The van der Waals surface area contributed by atoms with Crippen LogP contribution in [0.4, 0.5) is 0 Å². The first-order valence-electron chi connectivity index (χ1n) is 5.25. The molecular formula is C12H14O6. The van der Waals surface area contributed by atoms with Crippen molar-refractivity contribution in [2.24, 2.45) is 0 Å². The first kappa shape index (κ1) is 14.0. The monoisotopic (exact) mass is 254 g/mol. The Morgan fingerprint density at radius 3 is 2.50 bits per heavy atom. The van der Waals surface area contributed by atoms with Crippen LogP contribution in [0.15, 0.2) is 18.2 Å². The molecule has 1 rings (SSSR count). The molecule has 18 heavy (non-hydrogen) atoms. The van der Waals surface area contributed by atoms with Crippen LogP contribution in [0.25, 0.3) is 0 Å². The van der Waals surface area contributed by atoms with Gasteiger partial charge in [-0.3, -0.25) is 4.79 Å². The molecule has 0 heterocycles. The second-order valence-corrected chi connectivity index (χ2v) is 3.71. The van der Waals surface area contributed by atoms with Gasteiger partial charge in [0.2, 0.25) is 0 Å². The maximum atomic E-state index is 10.7. The summed E-state index contributed by atoms with van der Waals surface area (Å²) in [6.07, 6.45) is -1.51. The van der Waals surface area contributed by atoms with Crippen molar-refractivity contribution >= 4 is 11.9 Å². The van der Waals surface area contributed by atoms with Gasteiger partial charge in [-0.15, -0.1) is 0 Å². The molecule has 0 saturated carbocycles. The highest BCUT2D eigenvalue weighted by molar-refractivity contribution is 5.74. The highest BCUT2D eigenvalue weighted by atomic mass is 16.5. The van der Waals surface area contributed by atoms with Crippen molar-refractivity contribution in [3.63, 3.8) is 0 Å². The van der Waals surface area contributed by atoms with Crippen molar-refractivity contribution in [3.8, 4) is 5.75 Å². The van der Waals surface area contributed by atoms with Crippen LogP contribution in [-0.2, 0) is 16.0 Å². The van der Waals surface area contributed by atoms with Crippen LogP contribution in [0, 0.1) is 0 Å². The summed E-state index contributed by atoms with van der Waals surface area (Å²) in [4.78, 5) is 21.2. The van der Waals surface area contributed by atoms with E-state index < -0.39 is 18.0 Å². The molecule has 0 aliphatic heterocycles. The van der Waals surface area contributed by atoms with Gasteiger partial charge < -0.3 is 20.1 Å². The Morgan fingerprint density at radius 2 is 2.00 bits per heavy atom. The van der Waals surface area contributed by atoms with Crippen LogP contribution in [0.5, 0.6) is 5.75 Å². The number of aliphatic hydroxyl groups is 1. The lowest BCUT2D eigenvalue weighted by Crippen LogP contribution is -2.11. The molecule has 1 unspecified atom stereocenters.